The van der Waals surface area contributed by atoms with Crippen LogP contribution in [0.15, 0.2) is 48.5 Å². The SMILES string of the molecule is COc1ccc(N2CC[NH+](Cn3c(=S)n(C(C)C)c4ccccc43)CC2)cc1. The molecule has 0 aliphatic carbocycles. The van der Waals surface area contributed by atoms with Crippen molar-refractivity contribution in [2.24, 2.45) is 0 Å². The molecule has 1 N–H and O–H groups in total. The van der Waals surface area contributed by atoms with Gasteiger partial charge in [-0.15, -0.1) is 0 Å². The molecule has 0 spiro atoms. The Morgan fingerprint density at radius 1 is 1.00 bits per heavy atom. The van der Waals surface area contributed by atoms with E-state index >= 15 is 0 Å². The van der Waals surface area contributed by atoms with Gasteiger partial charge in [0.15, 0.2) is 11.4 Å². The van der Waals surface area contributed by atoms with E-state index in [0.717, 1.165) is 43.4 Å². The van der Waals surface area contributed by atoms with Gasteiger partial charge in [-0.3, -0.25) is 4.57 Å². The number of nitrogens with zero attached hydrogens (tertiary/aromatic N) is 3. The normalized spacial score (nSPS) is 15.5. The maximum absolute atomic E-state index is 5.85. The molecule has 0 amide bonds. The van der Waals surface area contributed by atoms with Gasteiger partial charge in [-0.1, -0.05) is 12.1 Å². The minimum Gasteiger partial charge on any atom is -0.497 e. The van der Waals surface area contributed by atoms with Crippen LogP contribution in [-0.2, 0) is 6.67 Å². The number of rotatable bonds is 5. The highest BCUT2D eigenvalue weighted by molar-refractivity contribution is 7.71. The summed E-state index contributed by atoms with van der Waals surface area (Å²) in [6.07, 6.45) is 0. The number of ether oxygens (including phenoxy) is 1. The maximum atomic E-state index is 5.85. The van der Waals surface area contributed by atoms with E-state index in [2.05, 4.69) is 64.3 Å². The summed E-state index contributed by atoms with van der Waals surface area (Å²) in [6.45, 7) is 9.65. The lowest BCUT2D eigenvalue weighted by Crippen LogP contribution is -3.14. The Morgan fingerprint density at radius 2 is 1.64 bits per heavy atom. The van der Waals surface area contributed by atoms with Crippen LogP contribution in [0.3, 0.4) is 0 Å². The zero-order valence-electron chi connectivity index (χ0n) is 16.9. The number of methoxy groups -OCH3 is 1. The van der Waals surface area contributed by atoms with Crippen molar-refractivity contribution >= 4 is 28.9 Å². The molecule has 0 unspecified atom stereocenters. The van der Waals surface area contributed by atoms with E-state index in [4.69, 9.17) is 17.0 Å². The molecular weight excluding hydrogens is 368 g/mol. The van der Waals surface area contributed by atoms with Crippen LogP contribution in [0.5, 0.6) is 5.75 Å². The summed E-state index contributed by atoms with van der Waals surface area (Å²) in [5.74, 6) is 0.906. The van der Waals surface area contributed by atoms with Crippen molar-refractivity contribution in [2.75, 3.05) is 38.2 Å². The van der Waals surface area contributed by atoms with Gasteiger partial charge in [-0.2, -0.15) is 0 Å². The van der Waals surface area contributed by atoms with Crippen molar-refractivity contribution in [1.82, 2.24) is 9.13 Å². The molecule has 28 heavy (non-hydrogen) atoms. The molecule has 0 saturated carbocycles. The van der Waals surface area contributed by atoms with E-state index in [0.29, 0.717) is 6.04 Å². The number of piperazine rings is 1. The molecule has 1 fully saturated rings. The summed E-state index contributed by atoms with van der Waals surface area (Å²) in [6, 6.07) is 17.3. The number of hydrogen-bond donors (Lipinski definition) is 1. The zero-order valence-corrected chi connectivity index (χ0v) is 17.7. The molecule has 1 aliphatic rings. The molecule has 148 valence electrons. The van der Waals surface area contributed by atoms with Crippen LogP contribution < -0.4 is 14.5 Å². The number of imidazole rings is 1. The third-order valence-electron chi connectivity index (χ3n) is 5.68. The fraction of sp³-hybridized carbons (Fsp3) is 0.409. The molecule has 1 saturated heterocycles. The lowest BCUT2D eigenvalue weighted by molar-refractivity contribution is -0.923. The van der Waals surface area contributed by atoms with Gasteiger partial charge in [-0.25, -0.2) is 0 Å². The van der Waals surface area contributed by atoms with Crippen molar-refractivity contribution in [1.29, 1.82) is 0 Å². The van der Waals surface area contributed by atoms with E-state index in [1.54, 1.807) is 12.0 Å². The van der Waals surface area contributed by atoms with Crippen LogP contribution in [0.1, 0.15) is 19.9 Å². The average Bonchev–Trinajstić information content (AvgIpc) is 3.00. The summed E-state index contributed by atoms with van der Waals surface area (Å²) in [7, 11) is 1.71. The highest BCUT2D eigenvalue weighted by Crippen LogP contribution is 2.22. The monoisotopic (exact) mass is 397 g/mol. The second kappa shape index (κ2) is 7.97. The minimum atomic E-state index is 0.362. The van der Waals surface area contributed by atoms with E-state index in [-0.39, 0.29) is 0 Å². The number of benzene rings is 2. The van der Waals surface area contributed by atoms with Crippen LogP contribution in [0.4, 0.5) is 5.69 Å². The predicted molar refractivity (Wildman–Crippen MR) is 117 cm³/mol. The summed E-state index contributed by atoms with van der Waals surface area (Å²) >= 11 is 5.85. The van der Waals surface area contributed by atoms with Crippen LogP contribution in [-0.4, -0.2) is 42.4 Å². The van der Waals surface area contributed by atoms with E-state index in [1.807, 2.05) is 12.1 Å². The number of para-hydroxylation sites is 2. The fourth-order valence-electron chi connectivity index (χ4n) is 4.14. The number of aromatic nitrogens is 2. The quantitative estimate of drug-likeness (QED) is 0.670. The van der Waals surface area contributed by atoms with Crippen LogP contribution in [0.2, 0.25) is 0 Å². The first-order valence-corrected chi connectivity index (χ1v) is 10.4. The molecule has 1 aliphatic heterocycles. The summed E-state index contributed by atoms with van der Waals surface area (Å²) in [5, 5.41) is 0. The first-order valence-electron chi connectivity index (χ1n) is 10.0. The molecule has 2 aromatic carbocycles. The smallest absolute Gasteiger partial charge is 0.185 e. The second-order valence-corrected chi connectivity index (χ2v) is 8.12. The number of fused-ring (bicyclic) bond motifs is 1. The van der Waals surface area contributed by atoms with E-state index < -0.39 is 0 Å². The Labute approximate surface area is 171 Å². The molecule has 3 aromatic rings. The topological polar surface area (TPSA) is 26.8 Å². The van der Waals surface area contributed by atoms with Crippen LogP contribution >= 0.6 is 12.2 Å². The van der Waals surface area contributed by atoms with Crippen molar-refractivity contribution in [3.8, 4) is 5.75 Å². The molecule has 4 rings (SSSR count). The minimum absolute atomic E-state index is 0.362. The van der Waals surface area contributed by atoms with Crippen molar-refractivity contribution in [3.63, 3.8) is 0 Å². The summed E-state index contributed by atoms with van der Waals surface area (Å²) in [4.78, 5) is 4.03. The van der Waals surface area contributed by atoms with Gasteiger partial charge in [0.05, 0.1) is 44.3 Å². The van der Waals surface area contributed by atoms with E-state index in [9.17, 15) is 0 Å². The van der Waals surface area contributed by atoms with Gasteiger partial charge in [0.2, 0.25) is 0 Å². The molecule has 1 aromatic heterocycles. The highest BCUT2D eigenvalue weighted by Gasteiger charge is 2.22. The number of quaternary nitrogens is 1. The van der Waals surface area contributed by atoms with Gasteiger partial charge in [0.1, 0.15) is 5.75 Å². The molecule has 0 bridgehead atoms. The number of nitrogens with one attached hydrogen (secondary N) is 1. The third-order valence-corrected chi connectivity index (χ3v) is 6.09. The Morgan fingerprint density at radius 3 is 2.25 bits per heavy atom. The number of anilines is 1. The van der Waals surface area contributed by atoms with Crippen LogP contribution in [0.25, 0.3) is 11.0 Å². The van der Waals surface area contributed by atoms with Gasteiger partial charge >= 0.3 is 0 Å². The summed E-state index contributed by atoms with van der Waals surface area (Å²) in [5.41, 5.74) is 3.75. The van der Waals surface area contributed by atoms with Crippen molar-refractivity contribution in [3.05, 3.63) is 53.3 Å². The van der Waals surface area contributed by atoms with Gasteiger partial charge in [0.25, 0.3) is 0 Å². The van der Waals surface area contributed by atoms with Crippen LogP contribution in [0, 0.1) is 4.77 Å². The van der Waals surface area contributed by atoms with Crippen molar-refractivity contribution in [2.45, 2.75) is 26.6 Å². The third kappa shape index (κ3) is 3.54. The van der Waals surface area contributed by atoms with E-state index in [1.165, 1.54) is 16.7 Å². The first-order chi connectivity index (χ1) is 13.6. The van der Waals surface area contributed by atoms with Gasteiger partial charge in [0, 0.05) is 11.7 Å². The average molecular weight is 398 g/mol. The molecule has 2 heterocycles. The molecule has 0 radical (unpaired) electrons. The molecule has 5 nitrogen and oxygen atoms in total. The fourth-order valence-corrected chi connectivity index (χ4v) is 4.61. The van der Waals surface area contributed by atoms with Crippen molar-refractivity contribution < 1.29 is 9.64 Å². The Balaban J connectivity index is 1.49. The van der Waals surface area contributed by atoms with Gasteiger partial charge in [-0.05, 0) is 62.5 Å². The Kier molecular flexibility index (Phi) is 5.42. The molecule has 0 atom stereocenters. The number of hydrogen-bond acceptors (Lipinski definition) is 3. The largest absolute Gasteiger partial charge is 0.497 e. The predicted octanol–water partition coefficient (Wildman–Crippen LogP) is 3.12. The first kappa shape index (κ1) is 19.0. The summed E-state index contributed by atoms with van der Waals surface area (Å²) < 4.78 is 10.8. The Bertz CT molecular complexity index is 998. The second-order valence-electron chi connectivity index (χ2n) is 7.76. The van der Waals surface area contributed by atoms with Gasteiger partial charge < -0.3 is 19.1 Å². The Hall–Kier alpha value is -2.31. The maximum Gasteiger partial charge on any atom is 0.185 e. The zero-order chi connectivity index (χ0) is 19.7. The molecular formula is C22H29N4OS+. The highest BCUT2D eigenvalue weighted by atomic mass is 32.1. The lowest BCUT2D eigenvalue weighted by atomic mass is 10.2. The lowest BCUT2D eigenvalue weighted by Gasteiger charge is -2.33. The molecule has 6 heteroatoms. The standard InChI is InChI=1S/C22H28N4OS/c1-17(2)26-21-7-5-4-6-20(21)25(22(26)28)16-23-12-14-24(15-13-23)18-8-10-19(27-3)11-9-18/h4-11,17H,12-16H2,1-3H3/p+1.